The first kappa shape index (κ1) is 26.9. The van der Waals surface area contributed by atoms with Gasteiger partial charge in [0, 0.05) is 45.2 Å². The maximum Gasteiger partial charge on any atom is 1.00 e. The van der Waals surface area contributed by atoms with Crippen molar-refractivity contribution in [1.82, 2.24) is 0 Å². The third kappa shape index (κ3) is 5.01. The Morgan fingerprint density at radius 1 is 0.632 bits per heavy atom. The third-order valence-electron chi connectivity index (χ3n) is 1.50. The summed E-state index contributed by atoms with van der Waals surface area (Å²) >= 11 is 7.96. The Balaban J connectivity index is -0.00000128. The van der Waals surface area contributed by atoms with Gasteiger partial charge in [0.2, 0.25) is 0 Å². The Bertz CT molecular complexity index is 272. The summed E-state index contributed by atoms with van der Waals surface area (Å²) in [5.74, 6) is -6.06. The molecule has 0 aromatic carbocycles. The van der Waals surface area contributed by atoms with E-state index in [-0.39, 0.29) is 101 Å². The van der Waals surface area contributed by atoms with E-state index in [9.17, 15) is 35.1 Å². The van der Waals surface area contributed by atoms with E-state index in [4.69, 9.17) is 0 Å². The molecule has 2 atom stereocenters. The smallest absolute Gasteiger partial charge is 1.00 e. The van der Waals surface area contributed by atoms with Gasteiger partial charge in [-0.15, -0.1) is 0 Å². The van der Waals surface area contributed by atoms with Gasteiger partial charge in [0.05, 0.1) is 0 Å². The Morgan fingerprint density at radius 3 is 0.895 bits per heavy atom. The van der Waals surface area contributed by atoms with Gasteiger partial charge in [-0.2, -0.15) is 26.3 Å². The molecule has 0 radical (unpaired) electrons. The van der Waals surface area contributed by atoms with E-state index in [0.717, 1.165) is 0 Å². The van der Waals surface area contributed by atoms with Gasteiger partial charge in [-0.05, 0) is 0 Å². The first-order chi connectivity index (χ1) is 7.00. The van der Waals surface area contributed by atoms with Crippen molar-refractivity contribution in [3.8, 4) is 0 Å². The summed E-state index contributed by atoms with van der Waals surface area (Å²) in [5.41, 5.74) is 0. The molecule has 0 heterocycles. The van der Waals surface area contributed by atoms with Crippen LogP contribution in [0.5, 0.6) is 0 Å². The number of hydrogen-bond donors (Lipinski definition) is 0. The van der Waals surface area contributed by atoms with Crippen LogP contribution in [0.4, 0.5) is 35.1 Å². The Labute approximate surface area is 180 Å². The predicted octanol–water partition coefficient (Wildman–Crippen LogP) is -0.505. The second-order valence-corrected chi connectivity index (χ2v) is 6.47. The van der Waals surface area contributed by atoms with Gasteiger partial charge in [-0.3, -0.25) is 0 Å². The number of halogens is 13. The Hall–Kier alpha value is 3.05. The normalized spacial score (nSPS) is 19.6. The van der Waals surface area contributed by atoms with Crippen molar-refractivity contribution in [3.63, 3.8) is 0 Å². The van der Waals surface area contributed by atoms with E-state index in [1.807, 2.05) is 0 Å². The van der Waals surface area contributed by atoms with Gasteiger partial charge in [0.1, 0.15) is 0 Å². The van der Waals surface area contributed by atoms with Crippen LogP contribution < -0.4 is 56.1 Å². The molecule has 14 heteroatoms. The minimum absolute atomic E-state index is 0. The molecule has 0 nitrogen and oxygen atoms in total. The molecule has 0 spiro atoms. The third-order valence-corrected chi connectivity index (χ3v) is 4.57. The number of alkyl halides is 12. The van der Waals surface area contributed by atoms with Crippen LogP contribution in [0, 0.1) is 0 Å². The van der Waals surface area contributed by atoms with Gasteiger partial charge in [-0.25, -0.2) is 8.78 Å². The van der Waals surface area contributed by atoms with Crippen LogP contribution in [-0.2, 0) is 0 Å². The predicted molar refractivity (Wildman–Crippen MR) is 62.3 cm³/mol. The molecule has 0 aromatic rings. The summed E-state index contributed by atoms with van der Waals surface area (Å²) in [7, 11) is 0. The molecule has 0 amide bonds. The van der Waals surface area contributed by atoms with Crippen molar-refractivity contribution in [2.75, 3.05) is 0 Å². The molecule has 0 aliphatic heterocycles. The zero-order chi connectivity index (χ0) is 14.5. The average Bonchev–Trinajstić information content (AvgIpc) is 1.98. The quantitative estimate of drug-likeness (QED) is 0.178. The molecule has 0 aromatic heterocycles. The average molecular weight is 595 g/mol. The summed E-state index contributed by atoms with van der Waals surface area (Å²) in [4.78, 5) is 0. The van der Waals surface area contributed by atoms with Gasteiger partial charge in [-0.1, -0.05) is 23.2 Å². The fourth-order valence-electron chi connectivity index (χ4n) is 0.553. The number of rotatable bonds is 4. The summed E-state index contributed by atoms with van der Waals surface area (Å²) < 4.78 is 91.7. The molecule has 0 aliphatic rings. The molecular formula is C5Cl2F9I2K. The largest absolute Gasteiger partial charge is 1.00 e. The van der Waals surface area contributed by atoms with E-state index in [2.05, 4.69) is 23.2 Å². The first-order valence-electron chi connectivity index (χ1n) is 3.27. The Kier molecular flexibility index (Phi) is 11.0. The molecule has 0 saturated heterocycles. The first-order valence-corrected chi connectivity index (χ1v) is 6.18. The minimum Gasteiger partial charge on any atom is -1.00 e. The van der Waals surface area contributed by atoms with Crippen molar-refractivity contribution in [1.29, 1.82) is 0 Å². The van der Waals surface area contributed by atoms with E-state index < -0.39 is 24.0 Å². The van der Waals surface area contributed by atoms with Gasteiger partial charge < -0.3 is 4.70 Å². The summed E-state index contributed by atoms with van der Waals surface area (Å²) in [6.45, 7) is 0. The maximum absolute atomic E-state index is 13.0. The van der Waals surface area contributed by atoms with Crippen LogP contribution in [0.25, 0.3) is 0 Å². The van der Waals surface area contributed by atoms with Crippen LogP contribution in [-0.4, -0.2) is 24.0 Å². The molecule has 0 aliphatic carbocycles. The molecule has 0 fully saturated rings. The van der Waals surface area contributed by atoms with Crippen LogP contribution in [0.3, 0.4) is 0 Å². The summed E-state index contributed by atoms with van der Waals surface area (Å²) in [5, 5.41) is -10.8. The second kappa shape index (κ2) is 7.74. The zero-order valence-corrected chi connectivity index (χ0v) is 17.4. The fourth-order valence-corrected chi connectivity index (χ4v) is 1.54. The van der Waals surface area contributed by atoms with Crippen LogP contribution in [0.1, 0.15) is 0 Å². The summed E-state index contributed by atoms with van der Waals surface area (Å²) in [6.07, 6.45) is 0. The molecule has 19 heavy (non-hydrogen) atoms. The minimum atomic E-state index is -6.06. The topological polar surface area (TPSA) is 0 Å². The zero-order valence-electron chi connectivity index (χ0n) is 8.41. The molecule has 0 rings (SSSR count). The molecule has 112 valence electrons. The van der Waals surface area contributed by atoms with Crippen molar-refractivity contribution < 1.29 is 91.2 Å². The van der Waals surface area contributed by atoms with Crippen molar-refractivity contribution in [3.05, 3.63) is 0 Å². The maximum atomic E-state index is 13.0. The van der Waals surface area contributed by atoms with E-state index in [1.165, 1.54) is 0 Å². The standard InChI is InChI=1S/C5Cl2F8I2.FH.K/c6-1(8,4(12,13)16)3(10,11)2(7,9)5(14,15)17;;/h;1H;/q;;+1/p-1. The molecular weight excluding hydrogens is 595 g/mol. The fraction of sp³-hybridized carbons (Fsp3) is 1.00. The van der Waals surface area contributed by atoms with E-state index in [0.29, 0.717) is 0 Å². The molecule has 0 bridgehead atoms. The van der Waals surface area contributed by atoms with Crippen LogP contribution in [0.2, 0.25) is 0 Å². The van der Waals surface area contributed by atoms with Gasteiger partial charge in [0.15, 0.2) is 0 Å². The monoisotopic (exact) mass is 594 g/mol. The Morgan fingerprint density at radius 2 is 0.789 bits per heavy atom. The van der Waals surface area contributed by atoms with E-state index in [1.54, 1.807) is 0 Å². The molecule has 2 unspecified atom stereocenters. The van der Waals surface area contributed by atoms with E-state index >= 15 is 0 Å². The van der Waals surface area contributed by atoms with Crippen molar-refractivity contribution >= 4 is 68.4 Å². The molecule has 0 saturated carbocycles. The van der Waals surface area contributed by atoms with Crippen LogP contribution in [0.15, 0.2) is 0 Å². The van der Waals surface area contributed by atoms with Gasteiger partial charge >= 0.3 is 75.4 Å². The van der Waals surface area contributed by atoms with Crippen molar-refractivity contribution in [2.24, 2.45) is 0 Å². The number of hydrogen-bond acceptors (Lipinski definition) is 0. The van der Waals surface area contributed by atoms with Crippen LogP contribution >= 0.6 is 68.4 Å². The van der Waals surface area contributed by atoms with Gasteiger partial charge in [0.25, 0.3) is 0 Å². The second-order valence-electron chi connectivity index (χ2n) is 2.72. The summed E-state index contributed by atoms with van der Waals surface area (Å²) in [6, 6.07) is 0. The molecule has 0 N–H and O–H groups in total. The SMILES string of the molecule is FC(F)(I)C(F)(Cl)C(F)(F)C(F)(Cl)C(F)(F)I.[F-].[K+]. The van der Waals surface area contributed by atoms with Crippen molar-refractivity contribution in [2.45, 2.75) is 24.0 Å².